The summed E-state index contributed by atoms with van der Waals surface area (Å²) < 4.78 is 1.12. The van der Waals surface area contributed by atoms with Gasteiger partial charge < -0.3 is 5.32 Å². The average Bonchev–Trinajstić information content (AvgIpc) is 2.22. The van der Waals surface area contributed by atoms with Gasteiger partial charge in [-0.05, 0) is 42.2 Å². The van der Waals surface area contributed by atoms with Gasteiger partial charge in [0.25, 0.3) is 0 Å². The molecule has 0 amide bonds. The molecule has 84 valence electrons. The van der Waals surface area contributed by atoms with Gasteiger partial charge in [-0.1, -0.05) is 6.92 Å². The van der Waals surface area contributed by atoms with Crippen LogP contribution in [0.1, 0.15) is 25.4 Å². The van der Waals surface area contributed by atoms with E-state index < -0.39 is 0 Å². The predicted molar refractivity (Wildman–Crippen MR) is 75.5 cm³/mol. The van der Waals surface area contributed by atoms with Crippen LogP contribution in [0.15, 0.2) is 0 Å². The van der Waals surface area contributed by atoms with Gasteiger partial charge in [-0.25, -0.2) is 9.97 Å². The van der Waals surface area contributed by atoms with Crippen molar-refractivity contribution in [3.05, 3.63) is 15.1 Å². The highest BCUT2D eigenvalue weighted by Gasteiger charge is 2.07. The van der Waals surface area contributed by atoms with Gasteiger partial charge in [-0.2, -0.15) is 11.8 Å². The molecule has 3 nitrogen and oxygen atoms in total. The number of nitrogens with zero attached hydrogens (tertiary/aromatic N) is 2. The first-order chi connectivity index (χ1) is 7.19. The smallest absolute Gasteiger partial charge is 0.143 e. The van der Waals surface area contributed by atoms with Crippen molar-refractivity contribution in [3.63, 3.8) is 0 Å². The molecule has 0 saturated heterocycles. The molecule has 0 radical (unpaired) electrons. The molecule has 1 aromatic heterocycles. The Morgan fingerprint density at radius 2 is 2.07 bits per heavy atom. The number of halogens is 1. The molecule has 0 atom stereocenters. The number of thioether (sulfide) groups is 1. The summed E-state index contributed by atoms with van der Waals surface area (Å²) in [5.74, 6) is 3.89. The molecule has 0 unspecified atom stereocenters. The summed E-state index contributed by atoms with van der Waals surface area (Å²) in [7, 11) is 0. The molecule has 1 aromatic rings. The number of hydrogen-bond acceptors (Lipinski definition) is 4. The van der Waals surface area contributed by atoms with E-state index in [2.05, 4.69) is 51.7 Å². The number of aryl methyl sites for hydroxylation is 1. The number of anilines is 1. The highest BCUT2D eigenvalue weighted by Crippen LogP contribution is 2.20. The Bertz CT molecular complexity index is 331. The van der Waals surface area contributed by atoms with E-state index in [4.69, 9.17) is 0 Å². The third kappa shape index (κ3) is 3.79. The maximum Gasteiger partial charge on any atom is 0.143 e. The topological polar surface area (TPSA) is 37.8 Å². The zero-order valence-corrected chi connectivity index (χ0v) is 12.3. The molecule has 0 saturated carbocycles. The second-order valence-electron chi connectivity index (χ2n) is 3.06. The van der Waals surface area contributed by atoms with Crippen LogP contribution in [-0.4, -0.2) is 22.3 Å². The van der Waals surface area contributed by atoms with E-state index in [-0.39, 0.29) is 0 Å². The molecule has 15 heavy (non-hydrogen) atoms. The molecule has 0 bridgehead atoms. The van der Waals surface area contributed by atoms with Gasteiger partial charge in [0, 0.05) is 6.54 Å². The largest absolute Gasteiger partial charge is 0.369 e. The highest BCUT2D eigenvalue weighted by atomic mass is 127. The number of nitrogens with one attached hydrogen (secondary N) is 1. The lowest BCUT2D eigenvalue weighted by Gasteiger charge is -2.09. The summed E-state index contributed by atoms with van der Waals surface area (Å²) in [6.45, 7) is 7.15. The monoisotopic (exact) mass is 337 g/mol. The van der Waals surface area contributed by atoms with Crippen LogP contribution in [0, 0.1) is 10.5 Å². The lowest BCUT2D eigenvalue weighted by molar-refractivity contribution is 0.974. The Kier molecular flexibility index (Phi) is 5.66. The lowest BCUT2D eigenvalue weighted by atomic mass is 10.4. The summed E-state index contributed by atoms with van der Waals surface area (Å²) >= 11 is 4.14. The fourth-order valence-corrected chi connectivity index (χ4v) is 2.11. The van der Waals surface area contributed by atoms with Gasteiger partial charge in [-0.3, -0.25) is 0 Å². The molecule has 1 rings (SSSR count). The van der Waals surface area contributed by atoms with E-state index in [9.17, 15) is 0 Å². The lowest BCUT2D eigenvalue weighted by Crippen LogP contribution is -2.07. The van der Waals surface area contributed by atoms with E-state index in [0.29, 0.717) is 0 Å². The van der Waals surface area contributed by atoms with Gasteiger partial charge in [0.15, 0.2) is 0 Å². The van der Waals surface area contributed by atoms with Crippen molar-refractivity contribution < 1.29 is 0 Å². The summed E-state index contributed by atoms with van der Waals surface area (Å²) in [6.07, 6.45) is 0. The molecule has 0 aliphatic heterocycles. The van der Waals surface area contributed by atoms with Crippen LogP contribution in [0.4, 0.5) is 5.82 Å². The molecular weight excluding hydrogens is 321 g/mol. The Morgan fingerprint density at radius 1 is 1.33 bits per heavy atom. The standard InChI is InChI=1S/C10H16IN3S/c1-4-12-10-9(11)7(3)13-8(14-10)6-15-5-2/h4-6H2,1-3H3,(H,12,13,14). The minimum Gasteiger partial charge on any atom is -0.369 e. The van der Waals surface area contributed by atoms with E-state index in [1.165, 1.54) is 0 Å². The fraction of sp³-hybridized carbons (Fsp3) is 0.600. The molecule has 0 fully saturated rings. The van der Waals surface area contributed by atoms with Gasteiger partial charge in [-0.15, -0.1) is 0 Å². The maximum absolute atomic E-state index is 4.51. The van der Waals surface area contributed by atoms with Crippen LogP contribution in [0.25, 0.3) is 0 Å². The van der Waals surface area contributed by atoms with Crippen LogP contribution < -0.4 is 5.32 Å². The van der Waals surface area contributed by atoms with Crippen molar-refractivity contribution >= 4 is 40.2 Å². The maximum atomic E-state index is 4.51. The van der Waals surface area contributed by atoms with Gasteiger partial charge in [0.05, 0.1) is 15.0 Å². The van der Waals surface area contributed by atoms with Crippen LogP contribution >= 0.6 is 34.4 Å². The molecule has 1 N–H and O–H groups in total. The van der Waals surface area contributed by atoms with Crippen LogP contribution in [0.5, 0.6) is 0 Å². The Balaban J connectivity index is 2.90. The Labute approximate surface area is 109 Å². The van der Waals surface area contributed by atoms with E-state index in [0.717, 1.165) is 39.0 Å². The Morgan fingerprint density at radius 3 is 2.67 bits per heavy atom. The Hall–Kier alpha value is -0.0400. The third-order valence-corrected chi connectivity index (χ3v) is 4.00. The first-order valence-electron chi connectivity index (χ1n) is 5.03. The molecule has 1 heterocycles. The zero-order chi connectivity index (χ0) is 11.3. The van der Waals surface area contributed by atoms with Crippen molar-refractivity contribution in [2.24, 2.45) is 0 Å². The average molecular weight is 337 g/mol. The summed E-state index contributed by atoms with van der Waals surface area (Å²) in [5, 5.41) is 3.27. The molecule has 0 aromatic carbocycles. The first-order valence-corrected chi connectivity index (χ1v) is 7.27. The number of aromatic nitrogens is 2. The second-order valence-corrected chi connectivity index (χ2v) is 5.41. The van der Waals surface area contributed by atoms with Crippen molar-refractivity contribution in [1.82, 2.24) is 9.97 Å². The SMILES string of the molecule is CCNc1nc(CSCC)nc(C)c1I. The van der Waals surface area contributed by atoms with E-state index >= 15 is 0 Å². The van der Waals surface area contributed by atoms with Gasteiger partial charge >= 0.3 is 0 Å². The fourth-order valence-electron chi connectivity index (χ4n) is 1.16. The van der Waals surface area contributed by atoms with Gasteiger partial charge in [0.2, 0.25) is 0 Å². The van der Waals surface area contributed by atoms with E-state index in [1.807, 2.05) is 18.7 Å². The normalized spacial score (nSPS) is 10.4. The first kappa shape index (κ1) is 13.0. The van der Waals surface area contributed by atoms with Crippen molar-refractivity contribution in [2.75, 3.05) is 17.6 Å². The molecule has 5 heteroatoms. The summed E-state index contributed by atoms with van der Waals surface area (Å²) in [4.78, 5) is 8.98. The summed E-state index contributed by atoms with van der Waals surface area (Å²) in [5.41, 5.74) is 1.06. The van der Waals surface area contributed by atoms with E-state index in [1.54, 1.807) is 0 Å². The second kappa shape index (κ2) is 6.52. The minimum absolute atomic E-state index is 0.895. The predicted octanol–water partition coefficient (Wildman–Crippen LogP) is 3.07. The summed E-state index contributed by atoms with van der Waals surface area (Å²) in [6, 6.07) is 0. The minimum atomic E-state index is 0.895. The third-order valence-electron chi connectivity index (χ3n) is 1.84. The highest BCUT2D eigenvalue weighted by molar-refractivity contribution is 14.1. The van der Waals surface area contributed by atoms with Crippen LogP contribution in [0.3, 0.4) is 0 Å². The van der Waals surface area contributed by atoms with Crippen LogP contribution in [-0.2, 0) is 5.75 Å². The molecule has 0 aliphatic carbocycles. The van der Waals surface area contributed by atoms with Crippen molar-refractivity contribution in [3.8, 4) is 0 Å². The number of hydrogen-bond donors (Lipinski definition) is 1. The zero-order valence-electron chi connectivity index (χ0n) is 9.30. The van der Waals surface area contributed by atoms with Crippen molar-refractivity contribution in [2.45, 2.75) is 26.5 Å². The quantitative estimate of drug-likeness (QED) is 0.838. The van der Waals surface area contributed by atoms with Crippen LogP contribution in [0.2, 0.25) is 0 Å². The molecule has 0 aliphatic rings. The number of rotatable bonds is 5. The van der Waals surface area contributed by atoms with Crippen molar-refractivity contribution in [1.29, 1.82) is 0 Å². The molecular formula is C10H16IN3S. The van der Waals surface area contributed by atoms with Gasteiger partial charge in [0.1, 0.15) is 11.6 Å². The molecule has 0 spiro atoms.